The summed E-state index contributed by atoms with van der Waals surface area (Å²) >= 11 is 0. The molecular weight excluding hydrogens is 255 g/mol. The summed E-state index contributed by atoms with van der Waals surface area (Å²) in [5, 5.41) is 14.3. The number of nitrogens with zero attached hydrogens (tertiary/aromatic N) is 2. The number of rotatable bonds is 8. The van der Waals surface area contributed by atoms with Crippen LogP contribution in [0.2, 0.25) is 0 Å². The molecule has 1 aromatic heterocycles. The van der Waals surface area contributed by atoms with Crippen LogP contribution in [0.4, 0.5) is 0 Å². The lowest BCUT2D eigenvalue weighted by molar-refractivity contribution is -0.0893. The van der Waals surface area contributed by atoms with Gasteiger partial charge in [0.2, 0.25) is 0 Å². The van der Waals surface area contributed by atoms with Gasteiger partial charge in [-0.25, -0.2) is 4.68 Å². The zero-order valence-corrected chi connectivity index (χ0v) is 13.4. The monoisotopic (exact) mass is 281 g/mol. The van der Waals surface area contributed by atoms with E-state index in [9.17, 15) is 5.11 Å². The molecule has 0 saturated heterocycles. The summed E-state index contributed by atoms with van der Waals surface area (Å²) in [6.45, 7) is 9.27. The van der Waals surface area contributed by atoms with Gasteiger partial charge in [-0.15, -0.1) is 0 Å². The number of ether oxygens (including phenoxy) is 1. The van der Waals surface area contributed by atoms with Crippen LogP contribution in [0.3, 0.4) is 0 Å². The van der Waals surface area contributed by atoms with Gasteiger partial charge in [-0.05, 0) is 39.6 Å². The molecule has 1 unspecified atom stereocenters. The molecule has 0 fully saturated rings. The molecule has 1 atom stereocenters. The topological polar surface area (TPSA) is 56.5 Å². The summed E-state index contributed by atoms with van der Waals surface area (Å²) in [5.41, 5.74) is -0.767. The van der Waals surface area contributed by atoms with E-state index in [-0.39, 0.29) is 6.23 Å². The van der Waals surface area contributed by atoms with Crippen molar-refractivity contribution in [1.29, 1.82) is 0 Å². The van der Waals surface area contributed by atoms with E-state index in [0.717, 1.165) is 18.3 Å². The molecule has 0 spiro atoms. The Hall–Kier alpha value is -0.845. The van der Waals surface area contributed by atoms with Crippen molar-refractivity contribution in [3.05, 3.63) is 12.4 Å². The fourth-order valence-corrected chi connectivity index (χ4v) is 1.54. The van der Waals surface area contributed by atoms with Gasteiger partial charge in [-0.2, -0.15) is 5.10 Å². The van der Waals surface area contributed by atoms with Crippen molar-refractivity contribution in [2.75, 3.05) is 7.11 Å². The Morgan fingerprint density at radius 1 is 1.40 bits per heavy atom. The molecule has 20 heavy (non-hydrogen) atoms. The van der Waals surface area contributed by atoms with Crippen LogP contribution in [0, 0.1) is 0 Å². The summed E-state index contributed by atoms with van der Waals surface area (Å²) in [5.74, 6) is 0. The molecule has 1 radical (unpaired) electrons. The minimum atomic E-state index is -0.934. The lowest BCUT2D eigenvalue weighted by atomic mass is 9.84. The Morgan fingerprint density at radius 3 is 2.55 bits per heavy atom. The maximum atomic E-state index is 10.0. The Labute approximate surface area is 122 Å². The van der Waals surface area contributed by atoms with Gasteiger partial charge < -0.3 is 14.5 Å². The van der Waals surface area contributed by atoms with Gasteiger partial charge in [-0.1, -0.05) is 13.3 Å². The highest BCUT2D eigenvalue weighted by Gasteiger charge is 2.35. The van der Waals surface area contributed by atoms with Crippen LogP contribution in [-0.2, 0) is 9.39 Å². The fraction of sp³-hybridized carbons (Fsp3) is 0.786. The largest absolute Gasteiger partial charge is 0.427 e. The van der Waals surface area contributed by atoms with Crippen LogP contribution >= 0.6 is 0 Å². The van der Waals surface area contributed by atoms with Crippen molar-refractivity contribution in [3.8, 4) is 0 Å². The molecule has 0 saturated carbocycles. The standard InChI is InChI=1S/C14H26BN2O3/c1-7-8-12(19-6)17-10-11(9-16-17)15-20-14(4,5)13(2,3)18/h9-10,12,18H,7-8H2,1-6H3. The van der Waals surface area contributed by atoms with Gasteiger partial charge >= 0.3 is 7.48 Å². The molecule has 6 heteroatoms. The number of hydrogen-bond donors (Lipinski definition) is 1. The van der Waals surface area contributed by atoms with Crippen LogP contribution in [0.1, 0.15) is 53.7 Å². The molecule has 1 N–H and O–H groups in total. The first-order valence-electron chi connectivity index (χ1n) is 7.01. The van der Waals surface area contributed by atoms with Gasteiger partial charge in [0.1, 0.15) is 6.23 Å². The zero-order valence-electron chi connectivity index (χ0n) is 13.4. The van der Waals surface area contributed by atoms with Gasteiger partial charge in [0.25, 0.3) is 0 Å². The molecule has 5 nitrogen and oxygen atoms in total. The molecule has 0 aliphatic rings. The van der Waals surface area contributed by atoms with Crippen molar-refractivity contribution in [1.82, 2.24) is 9.78 Å². The number of aromatic nitrogens is 2. The van der Waals surface area contributed by atoms with Crippen molar-refractivity contribution in [2.45, 2.75) is 64.9 Å². The first-order valence-corrected chi connectivity index (χ1v) is 7.01. The Kier molecular flexibility index (Phi) is 5.80. The molecule has 1 rings (SSSR count). The number of methoxy groups -OCH3 is 1. The summed E-state index contributed by atoms with van der Waals surface area (Å²) < 4.78 is 12.9. The van der Waals surface area contributed by atoms with E-state index in [0.29, 0.717) is 0 Å². The predicted octanol–water partition coefficient (Wildman–Crippen LogP) is 1.64. The Balaban J connectivity index is 2.65. The minimum Gasteiger partial charge on any atom is -0.427 e. The quantitative estimate of drug-likeness (QED) is 0.736. The van der Waals surface area contributed by atoms with Gasteiger partial charge in [-0.3, -0.25) is 0 Å². The number of aliphatic hydroxyl groups is 1. The summed E-state index contributed by atoms with van der Waals surface area (Å²) in [7, 11) is 3.30. The minimum absolute atomic E-state index is 0.0514. The summed E-state index contributed by atoms with van der Waals surface area (Å²) in [6.07, 6.45) is 5.49. The van der Waals surface area contributed by atoms with E-state index >= 15 is 0 Å². The fourth-order valence-electron chi connectivity index (χ4n) is 1.54. The molecule has 1 aromatic rings. The van der Waals surface area contributed by atoms with E-state index in [4.69, 9.17) is 9.39 Å². The van der Waals surface area contributed by atoms with Gasteiger partial charge in [0.05, 0.1) is 11.2 Å². The smallest absolute Gasteiger partial charge is 0.334 e. The third-order valence-electron chi connectivity index (χ3n) is 3.69. The third-order valence-corrected chi connectivity index (χ3v) is 3.69. The molecule has 0 bridgehead atoms. The van der Waals surface area contributed by atoms with E-state index in [1.807, 2.05) is 20.0 Å². The average Bonchev–Trinajstić information content (AvgIpc) is 2.81. The highest BCUT2D eigenvalue weighted by molar-refractivity contribution is 6.46. The van der Waals surface area contributed by atoms with Gasteiger partial charge in [0.15, 0.2) is 0 Å². The summed E-state index contributed by atoms with van der Waals surface area (Å²) in [4.78, 5) is 0. The van der Waals surface area contributed by atoms with Crippen LogP contribution in [0.15, 0.2) is 12.4 Å². The molecule has 1 heterocycles. The molecule has 113 valence electrons. The SMILES string of the molecule is CCCC(OC)n1cc([B]OC(C)(C)C(C)(C)O)cn1. The molecule has 0 aliphatic carbocycles. The average molecular weight is 281 g/mol. The van der Waals surface area contributed by atoms with E-state index < -0.39 is 11.2 Å². The maximum Gasteiger partial charge on any atom is 0.334 e. The van der Waals surface area contributed by atoms with E-state index in [2.05, 4.69) is 12.0 Å². The maximum absolute atomic E-state index is 10.0. The molecule has 0 aromatic carbocycles. The van der Waals surface area contributed by atoms with E-state index in [1.54, 1.807) is 39.3 Å². The second kappa shape index (κ2) is 6.74. The second-order valence-electron chi connectivity index (χ2n) is 6.04. The van der Waals surface area contributed by atoms with Crippen molar-refractivity contribution < 1.29 is 14.5 Å². The van der Waals surface area contributed by atoms with Crippen LogP contribution in [0.25, 0.3) is 0 Å². The summed E-state index contributed by atoms with van der Waals surface area (Å²) in [6, 6.07) is 0. The normalized spacial score (nSPS) is 14.3. The molecule has 0 amide bonds. The van der Waals surface area contributed by atoms with Crippen LogP contribution < -0.4 is 5.46 Å². The molecule has 0 aliphatic heterocycles. The van der Waals surface area contributed by atoms with Gasteiger partial charge in [0, 0.05) is 19.5 Å². The second-order valence-corrected chi connectivity index (χ2v) is 6.04. The Morgan fingerprint density at radius 2 is 2.05 bits per heavy atom. The predicted molar refractivity (Wildman–Crippen MR) is 80.0 cm³/mol. The third kappa shape index (κ3) is 4.33. The highest BCUT2D eigenvalue weighted by Crippen LogP contribution is 2.24. The zero-order chi connectivity index (χ0) is 15.4. The first-order chi connectivity index (χ1) is 9.21. The lowest BCUT2D eigenvalue weighted by Crippen LogP contribution is -2.49. The number of hydrogen-bond acceptors (Lipinski definition) is 4. The lowest BCUT2D eigenvalue weighted by Gasteiger charge is -2.37. The Bertz CT molecular complexity index is 413. The van der Waals surface area contributed by atoms with Crippen molar-refractivity contribution >= 4 is 12.9 Å². The first kappa shape index (κ1) is 17.2. The highest BCUT2D eigenvalue weighted by atomic mass is 16.5. The van der Waals surface area contributed by atoms with Crippen LogP contribution in [-0.4, -0.2) is 40.7 Å². The van der Waals surface area contributed by atoms with Crippen molar-refractivity contribution in [2.24, 2.45) is 0 Å². The van der Waals surface area contributed by atoms with Crippen LogP contribution in [0.5, 0.6) is 0 Å². The van der Waals surface area contributed by atoms with Crippen molar-refractivity contribution in [3.63, 3.8) is 0 Å². The van der Waals surface area contributed by atoms with E-state index in [1.165, 1.54) is 0 Å². The molecular formula is C14H26BN2O3.